The summed E-state index contributed by atoms with van der Waals surface area (Å²) in [5, 5.41) is 4.10. The second-order valence-electron chi connectivity index (χ2n) is 3.92. The van der Waals surface area contributed by atoms with Gasteiger partial charge in [-0.25, -0.2) is 0 Å². The smallest absolute Gasteiger partial charge is 0.0701 e. The highest BCUT2D eigenvalue weighted by Crippen LogP contribution is 2.31. The molecule has 2 rings (SSSR count). The van der Waals surface area contributed by atoms with Gasteiger partial charge in [-0.2, -0.15) is 0 Å². The summed E-state index contributed by atoms with van der Waals surface area (Å²) >= 11 is 14.8. The van der Waals surface area contributed by atoms with E-state index in [1.165, 1.54) is 14.2 Å². The van der Waals surface area contributed by atoms with Crippen molar-refractivity contribution in [2.45, 2.75) is 12.5 Å². The number of hydrogen-bond donors (Lipinski definition) is 1. The van der Waals surface area contributed by atoms with E-state index in [4.69, 9.17) is 11.6 Å². The zero-order valence-electron chi connectivity index (χ0n) is 9.71. The third-order valence-electron chi connectivity index (χ3n) is 2.72. The monoisotopic (exact) mass is 407 g/mol. The van der Waals surface area contributed by atoms with Crippen LogP contribution in [-0.2, 0) is 6.42 Å². The SMILES string of the molecule is CNC(Cc1ccc(Br)s1)c1ccc(Cl)cc1Br. The fraction of sp³-hybridized carbons (Fsp3) is 0.231. The second-order valence-corrected chi connectivity index (χ2v) is 7.76. The number of hydrogen-bond acceptors (Lipinski definition) is 2. The molecule has 0 spiro atoms. The molecule has 2 aromatic rings. The van der Waals surface area contributed by atoms with E-state index in [1.54, 1.807) is 11.3 Å². The number of halogens is 3. The Morgan fingerprint density at radius 3 is 2.61 bits per heavy atom. The summed E-state index contributed by atoms with van der Waals surface area (Å²) in [5.41, 5.74) is 1.23. The van der Waals surface area contributed by atoms with Gasteiger partial charge in [0.25, 0.3) is 0 Å². The van der Waals surface area contributed by atoms with Gasteiger partial charge in [0.2, 0.25) is 0 Å². The van der Waals surface area contributed by atoms with Crippen LogP contribution in [-0.4, -0.2) is 7.05 Å². The molecule has 0 saturated heterocycles. The van der Waals surface area contributed by atoms with Crippen molar-refractivity contribution in [1.29, 1.82) is 0 Å². The largest absolute Gasteiger partial charge is 0.313 e. The van der Waals surface area contributed by atoms with Gasteiger partial charge in [-0.05, 0) is 52.8 Å². The first-order valence-electron chi connectivity index (χ1n) is 5.46. The van der Waals surface area contributed by atoms with Crippen LogP contribution in [0.3, 0.4) is 0 Å². The number of nitrogens with one attached hydrogen (secondary N) is 1. The third-order valence-corrected chi connectivity index (χ3v) is 5.29. The first-order chi connectivity index (χ1) is 8.60. The van der Waals surface area contributed by atoms with Crippen molar-refractivity contribution in [3.63, 3.8) is 0 Å². The average molecular weight is 410 g/mol. The van der Waals surface area contributed by atoms with E-state index in [2.05, 4.69) is 55.4 Å². The van der Waals surface area contributed by atoms with E-state index in [0.717, 1.165) is 15.9 Å². The van der Waals surface area contributed by atoms with Crippen LogP contribution in [0.1, 0.15) is 16.5 Å². The molecule has 1 aromatic heterocycles. The highest BCUT2D eigenvalue weighted by Gasteiger charge is 2.14. The molecule has 1 nitrogen and oxygen atoms in total. The van der Waals surface area contributed by atoms with Crippen molar-refractivity contribution in [2.24, 2.45) is 0 Å². The molecule has 1 aromatic carbocycles. The molecule has 0 saturated carbocycles. The molecule has 5 heteroatoms. The Hall–Kier alpha value is 0.130. The zero-order valence-corrected chi connectivity index (χ0v) is 14.5. The Bertz CT molecular complexity index is 542. The van der Waals surface area contributed by atoms with Gasteiger partial charge in [-0.15, -0.1) is 11.3 Å². The van der Waals surface area contributed by atoms with Crippen LogP contribution >= 0.6 is 54.8 Å². The minimum absolute atomic E-state index is 0.280. The summed E-state index contributed by atoms with van der Waals surface area (Å²) in [6, 6.07) is 10.5. The lowest BCUT2D eigenvalue weighted by molar-refractivity contribution is 0.594. The summed E-state index contributed by atoms with van der Waals surface area (Å²) in [6.45, 7) is 0. The Labute approximate surface area is 133 Å². The molecule has 0 aliphatic rings. The van der Waals surface area contributed by atoms with E-state index >= 15 is 0 Å². The van der Waals surface area contributed by atoms with Gasteiger partial charge >= 0.3 is 0 Å². The summed E-state index contributed by atoms with van der Waals surface area (Å²) in [6.07, 6.45) is 0.965. The van der Waals surface area contributed by atoms with E-state index in [0.29, 0.717) is 0 Å². The van der Waals surface area contributed by atoms with Gasteiger partial charge in [0.05, 0.1) is 3.79 Å². The quantitative estimate of drug-likeness (QED) is 0.710. The average Bonchev–Trinajstić information content (AvgIpc) is 2.72. The minimum Gasteiger partial charge on any atom is -0.313 e. The zero-order chi connectivity index (χ0) is 13.1. The second kappa shape index (κ2) is 6.53. The van der Waals surface area contributed by atoms with Gasteiger partial charge in [-0.3, -0.25) is 0 Å². The maximum atomic E-state index is 5.97. The van der Waals surface area contributed by atoms with Crippen molar-refractivity contribution in [1.82, 2.24) is 5.32 Å². The Morgan fingerprint density at radius 2 is 2.06 bits per heavy atom. The predicted octanol–water partition coefficient (Wildman–Crippen LogP) is 5.43. The molecular weight excluding hydrogens is 397 g/mol. The van der Waals surface area contributed by atoms with Crippen LogP contribution in [0.4, 0.5) is 0 Å². The van der Waals surface area contributed by atoms with Crippen LogP contribution in [0.15, 0.2) is 38.6 Å². The lowest BCUT2D eigenvalue weighted by Crippen LogP contribution is -2.18. The van der Waals surface area contributed by atoms with Gasteiger partial charge in [0.1, 0.15) is 0 Å². The summed E-state index contributed by atoms with van der Waals surface area (Å²) < 4.78 is 2.22. The highest BCUT2D eigenvalue weighted by atomic mass is 79.9. The van der Waals surface area contributed by atoms with Crippen LogP contribution < -0.4 is 5.32 Å². The van der Waals surface area contributed by atoms with Crippen LogP contribution in [0, 0.1) is 0 Å². The van der Waals surface area contributed by atoms with Crippen molar-refractivity contribution in [2.75, 3.05) is 7.05 Å². The van der Waals surface area contributed by atoms with Crippen molar-refractivity contribution < 1.29 is 0 Å². The first-order valence-corrected chi connectivity index (χ1v) is 8.24. The molecular formula is C13H12Br2ClNS. The number of thiophene rings is 1. The molecule has 0 fully saturated rings. The lowest BCUT2D eigenvalue weighted by atomic mass is 10.0. The standard InChI is InChI=1S/C13H12Br2ClNS/c1-17-12(7-9-3-5-13(15)18-9)10-4-2-8(16)6-11(10)14/h2-6,12,17H,7H2,1H3. The van der Waals surface area contributed by atoms with Crippen LogP contribution in [0.5, 0.6) is 0 Å². The predicted molar refractivity (Wildman–Crippen MR) is 86.7 cm³/mol. The fourth-order valence-electron chi connectivity index (χ4n) is 1.81. The molecule has 1 atom stereocenters. The molecule has 96 valence electrons. The van der Waals surface area contributed by atoms with Crippen LogP contribution in [0.25, 0.3) is 0 Å². The highest BCUT2D eigenvalue weighted by molar-refractivity contribution is 9.11. The van der Waals surface area contributed by atoms with Gasteiger partial charge in [0, 0.05) is 26.8 Å². The Morgan fingerprint density at radius 1 is 1.28 bits per heavy atom. The molecule has 0 bridgehead atoms. The fourth-order valence-corrected chi connectivity index (χ4v) is 4.30. The number of benzene rings is 1. The summed E-state index contributed by atoms with van der Waals surface area (Å²) in [4.78, 5) is 1.35. The topological polar surface area (TPSA) is 12.0 Å². The van der Waals surface area contributed by atoms with E-state index < -0.39 is 0 Å². The molecule has 1 unspecified atom stereocenters. The van der Waals surface area contributed by atoms with Crippen molar-refractivity contribution >= 4 is 54.8 Å². The molecule has 0 aliphatic heterocycles. The maximum absolute atomic E-state index is 5.97. The van der Waals surface area contributed by atoms with Gasteiger partial charge in [-0.1, -0.05) is 33.6 Å². The Balaban J connectivity index is 2.22. The van der Waals surface area contributed by atoms with Crippen molar-refractivity contribution in [3.05, 3.63) is 54.1 Å². The summed E-state index contributed by atoms with van der Waals surface area (Å²) in [5.74, 6) is 0. The molecule has 0 aliphatic carbocycles. The van der Waals surface area contributed by atoms with E-state index in [1.807, 2.05) is 19.2 Å². The van der Waals surface area contributed by atoms with Crippen molar-refractivity contribution in [3.8, 4) is 0 Å². The molecule has 18 heavy (non-hydrogen) atoms. The minimum atomic E-state index is 0.280. The Kier molecular flexibility index (Phi) is 5.27. The summed E-state index contributed by atoms with van der Waals surface area (Å²) in [7, 11) is 1.98. The normalized spacial score (nSPS) is 12.7. The third kappa shape index (κ3) is 3.58. The van der Waals surface area contributed by atoms with E-state index in [-0.39, 0.29) is 6.04 Å². The van der Waals surface area contributed by atoms with E-state index in [9.17, 15) is 0 Å². The van der Waals surface area contributed by atoms with Crippen LogP contribution in [0.2, 0.25) is 5.02 Å². The molecule has 1 heterocycles. The van der Waals surface area contributed by atoms with Gasteiger partial charge in [0.15, 0.2) is 0 Å². The first kappa shape index (κ1) is 14.5. The van der Waals surface area contributed by atoms with Gasteiger partial charge < -0.3 is 5.32 Å². The lowest BCUT2D eigenvalue weighted by Gasteiger charge is -2.17. The number of likely N-dealkylation sites (N-methyl/N-ethyl adjacent to an activating group) is 1. The maximum Gasteiger partial charge on any atom is 0.0701 e. The molecule has 0 radical (unpaired) electrons. The molecule has 0 amide bonds. The molecule has 1 N–H and O–H groups in total. The number of rotatable bonds is 4.